The minimum atomic E-state index is -4.61. The second-order valence-corrected chi connectivity index (χ2v) is 5.60. The molecule has 0 bridgehead atoms. The number of anilines is 2. The zero-order valence-corrected chi connectivity index (χ0v) is 14.2. The first-order chi connectivity index (χ1) is 12.2. The lowest BCUT2D eigenvalue weighted by atomic mass is 10.1. The summed E-state index contributed by atoms with van der Waals surface area (Å²) in [5.74, 6) is -1.16. The van der Waals surface area contributed by atoms with Gasteiger partial charge in [0.25, 0.3) is 0 Å². The van der Waals surface area contributed by atoms with Crippen LogP contribution in [0.2, 0.25) is 5.02 Å². The smallest absolute Gasteiger partial charge is 0.418 e. The number of esters is 1. The molecule has 2 aromatic carbocycles. The number of hydrogen-bond donors (Lipinski definition) is 2. The van der Waals surface area contributed by atoms with Gasteiger partial charge in [-0.05, 0) is 36.4 Å². The fourth-order valence-electron chi connectivity index (χ4n) is 2.13. The summed E-state index contributed by atoms with van der Waals surface area (Å²) in [6.07, 6.45) is -4.61. The van der Waals surface area contributed by atoms with E-state index < -0.39 is 30.2 Å². The molecule has 0 saturated heterocycles. The molecule has 0 aliphatic carbocycles. The zero-order chi connectivity index (χ0) is 19.3. The number of nitrogens with one attached hydrogen (secondary N) is 2. The van der Waals surface area contributed by atoms with Gasteiger partial charge in [0.2, 0.25) is 5.91 Å². The molecule has 1 amide bonds. The van der Waals surface area contributed by atoms with Gasteiger partial charge in [-0.2, -0.15) is 13.2 Å². The van der Waals surface area contributed by atoms with E-state index in [1.54, 1.807) is 0 Å². The van der Waals surface area contributed by atoms with Gasteiger partial charge in [0.1, 0.15) is 0 Å². The van der Waals surface area contributed by atoms with Crippen LogP contribution in [0.15, 0.2) is 42.5 Å². The average Bonchev–Trinajstić information content (AvgIpc) is 2.59. The number of amides is 1. The topological polar surface area (TPSA) is 67.4 Å². The number of methoxy groups -OCH3 is 1. The third kappa shape index (κ3) is 5.13. The lowest BCUT2D eigenvalue weighted by Crippen LogP contribution is -2.23. The van der Waals surface area contributed by atoms with Crippen molar-refractivity contribution in [2.24, 2.45) is 0 Å². The molecular formula is C17H14ClF3N2O3. The summed E-state index contributed by atoms with van der Waals surface area (Å²) in [6, 6.07) is 9.19. The molecular weight excluding hydrogens is 373 g/mol. The quantitative estimate of drug-likeness (QED) is 0.756. The van der Waals surface area contributed by atoms with Crippen LogP contribution in [-0.2, 0) is 15.7 Å². The maximum atomic E-state index is 13.0. The van der Waals surface area contributed by atoms with Gasteiger partial charge in [-0.25, -0.2) is 4.79 Å². The van der Waals surface area contributed by atoms with Crippen molar-refractivity contribution in [1.29, 1.82) is 0 Å². The van der Waals surface area contributed by atoms with Crippen LogP contribution in [0, 0.1) is 0 Å². The van der Waals surface area contributed by atoms with E-state index in [1.807, 2.05) is 0 Å². The number of halogens is 4. The molecule has 26 heavy (non-hydrogen) atoms. The van der Waals surface area contributed by atoms with Crippen molar-refractivity contribution in [3.8, 4) is 0 Å². The monoisotopic (exact) mass is 386 g/mol. The van der Waals surface area contributed by atoms with Gasteiger partial charge in [-0.3, -0.25) is 4.79 Å². The highest BCUT2D eigenvalue weighted by Crippen LogP contribution is 2.36. The third-order valence-electron chi connectivity index (χ3n) is 3.29. The van der Waals surface area contributed by atoms with E-state index in [0.717, 1.165) is 12.1 Å². The van der Waals surface area contributed by atoms with Crippen molar-refractivity contribution in [3.05, 3.63) is 58.6 Å². The first kappa shape index (κ1) is 19.6. The fraction of sp³-hybridized carbons (Fsp3) is 0.176. The molecule has 0 aromatic heterocycles. The molecule has 0 aliphatic heterocycles. The molecule has 0 saturated carbocycles. The Morgan fingerprint density at radius 1 is 1.15 bits per heavy atom. The molecule has 0 fully saturated rings. The second kappa shape index (κ2) is 8.09. The number of carbonyl (C=O) groups is 2. The predicted octanol–water partition coefficient (Wildman–Crippen LogP) is 4.20. The highest BCUT2D eigenvalue weighted by atomic mass is 35.5. The maximum Gasteiger partial charge on any atom is 0.418 e. The van der Waals surface area contributed by atoms with Crippen molar-refractivity contribution in [3.63, 3.8) is 0 Å². The molecule has 0 radical (unpaired) electrons. The van der Waals surface area contributed by atoms with Gasteiger partial charge in [-0.15, -0.1) is 0 Å². The Balaban J connectivity index is 2.05. The molecule has 2 rings (SSSR count). The van der Waals surface area contributed by atoms with Crippen LogP contribution in [0.1, 0.15) is 15.9 Å². The highest BCUT2D eigenvalue weighted by molar-refractivity contribution is 6.30. The van der Waals surface area contributed by atoms with E-state index in [1.165, 1.54) is 37.4 Å². The van der Waals surface area contributed by atoms with Crippen LogP contribution in [0.4, 0.5) is 24.5 Å². The summed E-state index contributed by atoms with van der Waals surface area (Å²) < 4.78 is 43.6. The van der Waals surface area contributed by atoms with E-state index in [4.69, 9.17) is 11.6 Å². The number of benzene rings is 2. The SMILES string of the molecule is COC(=O)c1cccc(NC(=O)CNc2ccc(Cl)cc2C(F)(F)F)c1. The Kier molecular flexibility index (Phi) is 6.10. The Hall–Kier alpha value is -2.74. The van der Waals surface area contributed by atoms with Crippen LogP contribution in [0.3, 0.4) is 0 Å². The summed E-state index contributed by atoms with van der Waals surface area (Å²) >= 11 is 5.60. The van der Waals surface area contributed by atoms with Gasteiger partial charge in [0.15, 0.2) is 0 Å². The van der Waals surface area contributed by atoms with E-state index in [-0.39, 0.29) is 16.3 Å². The zero-order valence-electron chi connectivity index (χ0n) is 13.5. The molecule has 0 unspecified atom stereocenters. The lowest BCUT2D eigenvalue weighted by Gasteiger charge is -2.15. The predicted molar refractivity (Wildman–Crippen MR) is 91.4 cm³/mol. The normalized spacial score (nSPS) is 11.0. The summed E-state index contributed by atoms with van der Waals surface area (Å²) in [7, 11) is 1.22. The van der Waals surface area contributed by atoms with E-state index in [9.17, 15) is 22.8 Å². The Morgan fingerprint density at radius 2 is 1.88 bits per heavy atom. The van der Waals surface area contributed by atoms with Crippen molar-refractivity contribution >= 4 is 34.9 Å². The minimum absolute atomic E-state index is 0.0630. The van der Waals surface area contributed by atoms with Crippen molar-refractivity contribution < 1.29 is 27.5 Å². The summed E-state index contributed by atoms with van der Waals surface area (Å²) in [4.78, 5) is 23.4. The van der Waals surface area contributed by atoms with Crippen molar-refractivity contribution in [1.82, 2.24) is 0 Å². The molecule has 138 valence electrons. The molecule has 9 heteroatoms. The van der Waals surface area contributed by atoms with Crippen LogP contribution in [0.25, 0.3) is 0 Å². The molecule has 0 heterocycles. The molecule has 2 aromatic rings. The number of hydrogen-bond acceptors (Lipinski definition) is 4. The van der Waals surface area contributed by atoms with Gasteiger partial charge >= 0.3 is 12.1 Å². The minimum Gasteiger partial charge on any atom is -0.465 e. The van der Waals surface area contributed by atoms with Gasteiger partial charge in [0, 0.05) is 16.4 Å². The number of rotatable bonds is 5. The van der Waals surface area contributed by atoms with Gasteiger partial charge in [-0.1, -0.05) is 17.7 Å². The number of alkyl halides is 3. The molecule has 2 N–H and O–H groups in total. The van der Waals surface area contributed by atoms with E-state index >= 15 is 0 Å². The molecule has 5 nitrogen and oxygen atoms in total. The van der Waals surface area contributed by atoms with Gasteiger partial charge < -0.3 is 15.4 Å². The molecule has 0 spiro atoms. The van der Waals surface area contributed by atoms with Crippen LogP contribution < -0.4 is 10.6 Å². The largest absolute Gasteiger partial charge is 0.465 e. The van der Waals surface area contributed by atoms with Crippen LogP contribution >= 0.6 is 11.6 Å². The van der Waals surface area contributed by atoms with E-state index in [0.29, 0.717) is 5.69 Å². The summed E-state index contributed by atoms with van der Waals surface area (Å²) in [5.41, 5.74) is -0.687. The first-order valence-corrected chi connectivity index (χ1v) is 7.67. The summed E-state index contributed by atoms with van der Waals surface area (Å²) in [5, 5.41) is 4.85. The Labute approximate surface area is 152 Å². The third-order valence-corrected chi connectivity index (χ3v) is 3.53. The average molecular weight is 387 g/mol. The Morgan fingerprint density at radius 3 is 2.54 bits per heavy atom. The van der Waals surface area contributed by atoms with Crippen LogP contribution in [-0.4, -0.2) is 25.5 Å². The summed E-state index contributed by atoms with van der Waals surface area (Å²) in [6.45, 7) is -0.410. The Bertz CT molecular complexity index is 825. The number of ether oxygens (including phenoxy) is 1. The van der Waals surface area contributed by atoms with Gasteiger partial charge in [0.05, 0.1) is 24.8 Å². The highest BCUT2D eigenvalue weighted by Gasteiger charge is 2.33. The lowest BCUT2D eigenvalue weighted by molar-refractivity contribution is -0.137. The standard InChI is InChI=1S/C17H14ClF3N2O3/c1-26-16(25)10-3-2-4-12(7-10)23-15(24)9-22-14-6-5-11(18)8-13(14)17(19,20)21/h2-8,22H,9H2,1H3,(H,23,24). The van der Waals surface area contributed by atoms with Crippen molar-refractivity contribution in [2.45, 2.75) is 6.18 Å². The maximum absolute atomic E-state index is 13.0. The fourth-order valence-corrected chi connectivity index (χ4v) is 2.30. The van der Waals surface area contributed by atoms with E-state index in [2.05, 4.69) is 15.4 Å². The van der Waals surface area contributed by atoms with Crippen LogP contribution in [0.5, 0.6) is 0 Å². The molecule has 0 aliphatic rings. The molecule has 0 atom stereocenters. The second-order valence-electron chi connectivity index (χ2n) is 5.16. The first-order valence-electron chi connectivity index (χ1n) is 7.29. The van der Waals surface area contributed by atoms with Crippen molar-refractivity contribution in [2.75, 3.05) is 24.3 Å². The number of carbonyl (C=O) groups excluding carboxylic acids is 2.